The van der Waals surface area contributed by atoms with Gasteiger partial charge in [0.1, 0.15) is 0 Å². The maximum absolute atomic E-state index is 5.66. The van der Waals surface area contributed by atoms with Gasteiger partial charge in [0.2, 0.25) is 0 Å². The first-order valence-electron chi connectivity index (χ1n) is 4.39. The van der Waals surface area contributed by atoms with E-state index in [0.717, 1.165) is 19.7 Å². The second-order valence-corrected chi connectivity index (χ2v) is 4.22. The third-order valence-electron chi connectivity index (χ3n) is 2.19. The average molecular weight is 190 g/mol. The molecule has 1 unspecified atom stereocenters. The van der Waals surface area contributed by atoms with Crippen molar-refractivity contribution < 1.29 is 4.74 Å². The zero-order valence-electron chi connectivity index (χ0n) is 7.66. The van der Waals surface area contributed by atoms with E-state index in [1.807, 2.05) is 11.8 Å². The normalized spacial score (nSPS) is 22.5. The molecular weight excluding hydrogens is 172 g/mol. The van der Waals surface area contributed by atoms with E-state index in [1.165, 1.54) is 11.5 Å². The summed E-state index contributed by atoms with van der Waals surface area (Å²) in [7, 11) is 1.74. The number of thioether (sulfide) groups is 1. The first-order valence-corrected chi connectivity index (χ1v) is 5.54. The van der Waals surface area contributed by atoms with Gasteiger partial charge in [0.05, 0.1) is 6.61 Å². The van der Waals surface area contributed by atoms with Crippen LogP contribution in [-0.2, 0) is 4.74 Å². The molecule has 0 aromatic rings. The molecule has 1 rings (SSSR count). The predicted octanol–water partition coefficient (Wildman–Crippen LogP) is 0.00890. The summed E-state index contributed by atoms with van der Waals surface area (Å²) < 4.78 is 5.12. The molecule has 0 aromatic carbocycles. The Morgan fingerprint density at radius 1 is 1.50 bits per heavy atom. The standard InChI is InChI=1S/C8H18N2OS/c1-11-7-8(6-9)10-2-4-12-5-3-10/h8H,2-7,9H2,1H3. The highest BCUT2D eigenvalue weighted by Crippen LogP contribution is 2.11. The fourth-order valence-electron chi connectivity index (χ4n) is 1.46. The Morgan fingerprint density at radius 3 is 2.67 bits per heavy atom. The molecular formula is C8H18N2OS. The van der Waals surface area contributed by atoms with E-state index < -0.39 is 0 Å². The van der Waals surface area contributed by atoms with E-state index in [1.54, 1.807) is 7.11 Å². The van der Waals surface area contributed by atoms with Crippen LogP contribution in [0.5, 0.6) is 0 Å². The molecule has 1 aliphatic rings. The topological polar surface area (TPSA) is 38.5 Å². The lowest BCUT2D eigenvalue weighted by Gasteiger charge is -2.33. The Labute approximate surface area is 78.6 Å². The van der Waals surface area contributed by atoms with Crippen molar-refractivity contribution in [2.24, 2.45) is 5.73 Å². The van der Waals surface area contributed by atoms with Crippen molar-refractivity contribution in [3.63, 3.8) is 0 Å². The van der Waals surface area contributed by atoms with Gasteiger partial charge < -0.3 is 10.5 Å². The van der Waals surface area contributed by atoms with E-state index in [4.69, 9.17) is 10.5 Å². The number of hydrogen-bond acceptors (Lipinski definition) is 4. The zero-order chi connectivity index (χ0) is 8.81. The van der Waals surface area contributed by atoms with Crippen LogP contribution >= 0.6 is 11.8 Å². The molecule has 12 heavy (non-hydrogen) atoms. The van der Waals surface area contributed by atoms with Crippen LogP contribution in [0.1, 0.15) is 0 Å². The van der Waals surface area contributed by atoms with Crippen molar-refractivity contribution in [3.8, 4) is 0 Å². The van der Waals surface area contributed by atoms with E-state index in [9.17, 15) is 0 Å². The van der Waals surface area contributed by atoms with Gasteiger partial charge in [0.15, 0.2) is 0 Å². The highest BCUT2D eigenvalue weighted by Gasteiger charge is 2.18. The maximum Gasteiger partial charge on any atom is 0.0630 e. The van der Waals surface area contributed by atoms with Gasteiger partial charge in [-0.15, -0.1) is 0 Å². The van der Waals surface area contributed by atoms with Crippen molar-refractivity contribution in [3.05, 3.63) is 0 Å². The second-order valence-electron chi connectivity index (χ2n) is 2.99. The molecule has 2 N–H and O–H groups in total. The van der Waals surface area contributed by atoms with Gasteiger partial charge in [0, 0.05) is 44.3 Å². The highest BCUT2D eigenvalue weighted by atomic mass is 32.2. The van der Waals surface area contributed by atoms with Crippen LogP contribution in [0.25, 0.3) is 0 Å². The molecule has 0 amide bonds. The van der Waals surface area contributed by atoms with Gasteiger partial charge in [0.25, 0.3) is 0 Å². The first-order chi connectivity index (χ1) is 5.88. The minimum Gasteiger partial charge on any atom is -0.383 e. The predicted molar refractivity (Wildman–Crippen MR) is 53.6 cm³/mol. The van der Waals surface area contributed by atoms with Crippen molar-refractivity contribution in [1.82, 2.24) is 4.90 Å². The molecule has 0 spiro atoms. The molecule has 72 valence electrons. The lowest BCUT2D eigenvalue weighted by molar-refractivity contribution is 0.101. The summed E-state index contributed by atoms with van der Waals surface area (Å²) in [6.45, 7) is 3.80. The Hall–Kier alpha value is 0.230. The number of nitrogens with zero attached hydrogens (tertiary/aromatic N) is 1. The zero-order valence-corrected chi connectivity index (χ0v) is 8.48. The second kappa shape index (κ2) is 5.80. The minimum absolute atomic E-state index is 0.427. The molecule has 1 fully saturated rings. The van der Waals surface area contributed by atoms with Gasteiger partial charge in [-0.1, -0.05) is 0 Å². The molecule has 4 heteroatoms. The van der Waals surface area contributed by atoms with Gasteiger partial charge in [-0.2, -0.15) is 11.8 Å². The maximum atomic E-state index is 5.66. The lowest BCUT2D eigenvalue weighted by atomic mass is 10.2. The minimum atomic E-state index is 0.427. The van der Waals surface area contributed by atoms with Crippen molar-refractivity contribution >= 4 is 11.8 Å². The third kappa shape index (κ3) is 2.94. The van der Waals surface area contributed by atoms with Crippen LogP contribution in [0.3, 0.4) is 0 Å². The Morgan fingerprint density at radius 2 is 2.17 bits per heavy atom. The number of rotatable bonds is 4. The molecule has 0 saturated carbocycles. The number of ether oxygens (including phenoxy) is 1. The molecule has 1 atom stereocenters. The Balaban J connectivity index is 2.29. The fraction of sp³-hybridized carbons (Fsp3) is 1.00. The summed E-state index contributed by atoms with van der Waals surface area (Å²) in [6.07, 6.45) is 0. The van der Waals surface area contributed by atoms with Gasteiger partial charge in [-0.25, -0.2) is 0 Å². The Kier molecular flexibility index (Phi) is 4.99. The molecule has 1 saturated heterocycles. The molecule has 0 aliphatic carbocycles. The molecule has 1 heterocycles. The van der Waals surface area contributed by atoms with Crippen LogP contribution in [0.4, 0.5) is 0 Å². The van der Waals surface area contributed by atoms with Gasteiger partial charge in [-0.3, -0.25) is 4.90 Å². The van der Waals surface area contributed by atoms with Crippen molar-refractivity contribution in [2.45, 2.75) is 6.04 Å². The van der Waals surface area contributed by atoms with E-state index >= 15 is 0 Å². The summed E-state index contributed by atoms with van der Waals surface area (Å²) in [4.78, 5) is 2.43. The van der Waals surface area contributed by atoms with Gasteiger partial charge in [-0.05, 0) is 0 Å². The van der Waals surface area contributed by atoms with Crippen molar-refractivity contribution in [2.75, 3.05) is 44.9 Å². The summed E-state index contributed by atoms with van der Waals surface area (Å²) >= 11 is 2.02. The number of nitrogens with two attached hydrogens (primary N) is 1. The summed E-state index contributed by atoms with van der Waals surface area (Å²) in [5.41, 5.74) is 5.66. The van der Waals surface area contributed by atoms with E-state index in [-0.39, 0.29) is 0 Å². The number of hydrogen-bond donors (Lipinski definition) is 1. The quantitative estimate of drug-likeness (QED) is 0.678. The SMILES string of the molecule is COCC(CN)N1CCSCC1. The fourth-order valence-corrected chi connectivity index (χ4v) is 2.39. The monoisotopic (exact) mass is 190 g/mol. The lowest BCUT2D eigenvalue weighted by Crippen LogP contribution is -2.47. The molecule has 3 nitrogen and oxygen atoms in total. The largest absolute Gasteiger partial charge is 0.383 e. The smallest absolute Gasteiger partial charge is 0.0630 e. The van der Waals surface area contributed by atoms with E-state index in [0.29, 0.717) is 12.6 Å². The van der Waals surface area contributed by atoms with Gasteiger partial charge >= 0.3 is 0 Å². The Bertz CT molecular complexity index is 115. The molecule has 1 aliphatic heterocycles. The molecule has 0 aromatic heterocycles. The molecule has 0 radical (unpaired) electrons. The molecule has 0 bridgehead atoms. The van der Waals surface area contributed by atoms with E-state index in [2.05, 4.69) is 4.90 Å². The summed E-state index contributed by atoms with van der Waals surface area (Å²) in [6, 6.07) is 0.427. The van der Waals surface area contributed by atoms with Crippen molar-refractivity contribution in [1.29, 1.82) is 0 Å². The summed E-state index contributed by atoms with van der Waals surface area (Å²) in [5.74, 6) is 2.47. The van der Waals surface area contributed by atoms with Crippen LogP contribution in [-0.4, -0.2) is 55.8 Å². The van der Waals surface area contributed by atoms with Crippen LogP contribution in [0.2, 0.25) is 0 Å². The van der Waals surface area contributed by atoms with Crippen LogP contribution < -0.4 is 5.73 Å². The van der Waals surface area contributed by atoms with Crippen LogP contribution in [0.15, 0.2) is 0 Å². The highest BCUT2D eigenvalue weighted by molar-refractivity contribution is 7.99. The first kappa shape index (κ1) is 10.3. The number of methoxy groups -OCH3 is 1. The summed E-state index contributed by atoms with van der Waals surface area (Å²) in [5, 5.41) is 0. The third-order valence-corrected chi connectivity index (χ3v) is 3.14. The average Bonchev–Trinajstić information content (AvgIpc) is 2.15. The van der Waals surface area contributed by atoms with Crippen LogP contribution in [0, 0.1) is 0 Å².